The van der Waals surface area contributed by atoms with Crippen LogP contribution in [0, 0.1) is 11.7 Å². The molecular formula is C29H37FN6O2. The monoisotopic (exact) mass is 520 g/mol. The number of carbonyl (C=O) groups is 1. The van der Waals surface area contributed by atoms with Gasteiger partial charge in [0.2, 0.25) is 0 Å². The summed E-state index contributed by atoms with van der Waals surface area (Å²) in [5, 5.41) is 6.31. The van der Waals surface area contributed by atoms with Crippen molar-refractivity contribution >= 4 is 17.1 Å². The summed E-state index contributed by atoms with van der Waals surface area (Å²) in [4.78, 5) is 27.1. The van der Waals surface area contributed by atoms with Crippen molar-refractivity contribution in [3.8, 4) is 11.4 Å². The zero-order valence-corrected chi connectivity index (χ0v) is 22.4. The Labute approximate surface area is 223 Å². The summed E-state index contributed by atoms with van der Waals surface area (Å²) in [6.45, 7) is 12.5. The van der Waals surface area contributed by atoms with E-state index < -0.39 is 0 Å². The van der Waals surface area contributed by atoms with Gasteiger partial charge in [-0.05, 0) is 67.8 Å². The molecule has 1 aromatic carbocycles. The molecule has 0 saturated carbocycles. The smallest absolute Gasteiger partial charge is 0.257 e. The lowest BCUT2D eigenvalue weighted by molar-refractivity contribution is 0.0380. The molecule has 202 valence electrons. The molecule has 0 aliphatic carbocycles. The lowest BCUT2D eigenvalue weighted by Crippen LogP contribution is -2.36. The first kappa shape index (κ1) is 27.5. The molecule has 8 nitrogen and oxygen atoms in total. The van der Waals surface area contributed by atoms with Crippen LogP contribution in [0.2, 0.25) is 0 Å². The fraction of sp³-hybridized carbons (Fsp3) is 0.414. The summed E-state index contributed by atoms with van der Waals surface area (Å²) in [5.41, 5.74) is 4.13. The van der Waals surface area contributed by atoms with E-state index in [4.69, 9.17) is 4.74 Å². The normalized spacial score (nSPS) is 16.5. The molecule has 1 saturated heterocycles. The van der Waals surface area contributed by atoms with E-state index in [0.717, 1.165) is 44.0 Å². The molecule has 9 heteroatoms. The zero-order chi connectivity index (χ0) is 26.9. The number of dihydropyridines is 1. The fourth-order valence-corrected chi connectivity index (χ4v) is 4.35. The van der Waals surface area contributed by atoms with Gasteiger partial charge in [-0.15, -0.1) is 0 Å². The number of imidazole rings is 1. The second-order valence-corrected chi connectivity index (χ2v) is 9.53. The van der Waals surface area contributed by atoms with Crippen LogP contribution in [-0.4, -0.2) is 65.2 Å². The van der Waals surface area contributed by atoms with Crippen molar-refractivity contribution in [1.82, 2.24) is 30.5 Å². The predicted molar refractivity (Wildman–Crippen MR) is 148 cm³/mol. The van der Waals surface area contributed by atoms with Crippen LogP contribution >= 0.6 is 0 Å². The van der Waals surface area contributed by atoms with Crippen molar-refractivity contribution in [2.75, 3.05) is 39.4 Å². The van der Waals surface area contributed by atoms with Crippen LogP contribution in [0.25, 0.3) is 22.6 Å². The van der Waals surface area contributed by atoms with E-state index in [1.165, 1.54) is 30.8 Å². The molecule has 3 N–H and O–H groups in total. The summed E-state index contributed by atoms with van der Waals surface area (Å²) in [6.07, 6.45) is 7.82. The molecule has 2 aromatic heterocycles. The minimum atomic E-state index is -0.317. The number of aromatic amines is 1. The Balaban J connectivity index is 0.000000317. The maximum Gasteiger partial charge on any atom is 0.257 e. The highest BCUT2D eigenvalue weighted by Crippen LogP contribution is 2.22. The van der Waals surface area contributed by atoms with Crippen molar-refractivity contribution in [3.05, 3.63) is 71.5 Å². The molecule has 2 aliphatic heterocycles. The predicted octanol–water partition coefficient (Wildman–Crippen LogP) is 4.64. The van der Waals surface area contributed by atoms with Crippen LogP contribution in [0.4, 0.5) is 4.39 Å². The molecule has 2 aliphatic rings. The number of carbonyl (C=O) groups excluding carboxylic acids is 1. The molecule has 5 rings (SSSR count). The number of nitrogens with zero attached hydrogens (tertiary/aromatic N) is 3. The third kappa shape index (κ3) is 7.05. The van der Waals surface area contributed by atoms with Crippen LogP contribution < -0.4 is 10.6 Å². The first-order chi connectivity index (χ1) is 18.5. The minimum absolute atomic E-state index is 0.236. The highest BCUT2D eigenvalue weighted by molar-refractivity contribution is 6.05. The number of rotatable bonds is 7. The minimum Gasteiger partial charge on any atom is -0.383 e. The van der Waals surface area contributed by atoms with Crippen LogP contribution in [0.1, 0.15) is 44.0 Å². The van der Waals surface area contributed by atoms with Crippen LogP contribution in [-0.2, 0) is 4.74 Å². The van der Waals surface area contributed by atoms with Gasteiger partial charge in [0.15, 0.2) is 5.65 Å². The Morgan fingerprint density at radius 2 is 1.92 bits per heavy atom. The van der Waals surface area contributed by atoms with Crippen molar-refractivity contribution in [1.29, 1.82) is 0 Å². The van der Waals surface area contributed by atoms with Crippen LogP contribution in [0.3, 0.4) is 0 Å². The van der Waals surface area contributed by atoms with Crippen molar-refractivity contribution < 1.29 is 13.9 Å². The first-order valence-corrected chi connectivity index (χ1v) is 13.3. The van der Waals surface area contributed by atoms with Gasteiger partial charge in [0.05, 0.1) is 30.8 Å². The second kappa shape index (κ2) is 13.3. The van der Waals surface area contributed by atoms with Crippen LogP contribution in [0.15, 0.2) is 60.1 Å². The topological polar surface area (TPSA) is 95.2 Å². The maximum absolute atomic E-state index is 13.2. The molecule has 4 heterocycles. The Bertz CT molecular complexity index is 1280. The molecule has 1 amide bonds. The van der Waals surface area contributed by atoms with Crippen molar-refractivity contribution in [3.63, 3.8) is 0 Å². The molecule has 0 bridgehead atoms. The molecule has 1 unspecified atom stereocenters. The number of amides is 1. The van der Waals surface area contributed by atoms with E-state index in [1.54, 1.807) is 24.4 Å². The molecule has 0 spiro atoms. The number of aromatic nitrogens is 3. The molecule has 3 aromatic rings. The van der Waals surface area contributed by atoms with E-state index in [9.17, 15) is 9.18 Å². The number of morpholine rings is 1. The lowest BCUT2D eigenvalue weighted by atomic mass is 10.0. The number of ether oxygens (including phenoxy) is 1. The lowest BCUT2D eigenvalue weighted by Gasteiger charge is -2.25. The molecule has 1 atom stereocenters. The average Bonchev–Trinajstić information content (AvgIpc) is 3.39. The first-order valence-electron chi connectivity index (χ1n) is 13.3. The van der Waals surface area contributed by atoms with E-state index in [1.807, 2.05) is 12.2 Å². The van der Waals surface area contributed by atoms with Gasteiger partial charge in [0.25, 0.3) is 5.91 Å². The van der Waals surface area contributed by atoms with Gasteiger partial charge >= 0.3 is 0 Å². The van der Waals surface area contributed by atoms with Crippen LogP contribution in [0.5, 0.6) is 0 Å². The number of H-pyrrole nitrogens is 1. The molecular weight excluding hydrogens is 483 g/mol. The second-order valence-electron chi connectivity index (χ2n) is 9.53. The Morgan fingerprint density at radius 3 is 2.58 bits per heavy atom. The quantitative estimate of drug-likeness (QED) is 0.420. The number of halogens is 1. The summed E-state index contributed by atoms with van der Waals surface area (Å²) < 4.78 is 18.4. The number of pyridine rings is 1. The zero-order valence-electron chi connectivity index (χ0n) is 22.4. The Kier molecular flexibility index (Phi) is 9.62. The summed E-state index contributed by atoms with van der Waals surface area (Å²) in [6, 6.07) is 7.65. The summed E-state index contributed by atoms with van der Waals surface area (Å²) in [7, 11) is 0. The fourth-order valence-electron chi connectivity index (χ4n) is 4.35. The molecule has 0 radical (unpaired) electrons. The van der Waals surface area contributed by atoms with Gasteiger partial charge in [0, 0.05) is 36.2 Å². The highest BCUT2D eigenvalue weighted by atomic mass is 19.1. The number of benzene rings is 1. The number of hydrogen-bond acceptors (Lipinski definition) is 6. The third-order valence-corrected chi connectivity index (χ3v) is 6.76. The van der Waals surface area contributed by atoms with Crippen molar-refractivity contribution in [2.24, 2.45) is 5.92 Å². The SMILES string of the molecule is CCC(C)C1=CC=C(NC(=O)c2ccnc3nc(-c4ccc(F)cc4)[nH]c23)CN1.CCCN1CCOCC1. The summed E-state index contributed by atoms with van der Waals surface area (Å²) >= 11 is 0. The standard InChI is InChI=1S/C22H22FN5O.C7H15NO/c1-3-13(2)18-9-8-16(12-25-18)26-22(29)17-10-11-24-21-19(17)27-20(28-21)14-4-6-15(23)7-5-14;1-2-3-8-4-6-9-7-5-8/h4-11,13,25H,3,12H2,1-2H3,(H,26,29)(H,24,27,28);2-7H2,1H3. The number of allylic oxidation sites excluding steroid dienone is 3. The molecule has 1 fully saturated rings. The third-order valence-electron chi connectivity index (χ3n) is 6.76. The van der Waals surface area contributed by atoms with Gasteiger partial charge in [-0.1, -0.05) is 20.8 Å². The van der Waals surface area contributed by atoms with E-state index in [2.05, 4.69) is 51.3 Å². The van der Waals surface area contributed by atoms with Crippen molar-refractivity contribution in [2.45, 2.75) is 33.6 Å². The average molecular weight is 521 g/mol. The molecule has 38 heavy (non-hydrogen) atoms. The van der Waals surface area contributed by atoms with Gasteiger partial charge in [-0.25, -0.2) is 14.4 Å². The van der Waals surface area contributed by atoms with E-state index in [-0.39, 0.29) is 11.7 Å². The number of hydrogen-bond donors (Lipinski definition) is 3. The highest BCUT2D eigenvalue weighted by Gasteiger charge is 2.18. The number of fused-ring (bicyclic) bond motifs is 1. The van der Waals surface area contributed by atoms with E-state index in [0.29, 0.717) is 35.0 Å². The largest absolute Gasteiger partial charge is 0.383 e. The van der Waals surface area contributed by atoms with Gasteiger partial charge in [0.1, 0.15) is 11.6 Å². The number of nitrogens with one attached hydrogen (secondary N) is 3. The Hall–Kier alpha value is -3.56. The van der Waals surface area contributed by atoms with Gasteiger partial charge in [-0.2, -0.15) is 0 Å². The maximum atomic E-state index is 13.2. The van der Waals surface area contributed by atoms with Gasteiger partial charge < -0.3 is 20.4 Å². The van der Waals surface area contributed by atoms with E-state index >= 15 is 0 Å². The summed E-state index contributed by atoms with van der Waals surface area (Å²) in [5.74, 6) is 0.439. The van der Waals surface area contributed by atoms with Gasteiger partial charge in [-0.3, -0.25) is 9.69 Å². The Morgan fingerprint density at radius 1 is 1.16 bits per heavy atom.